The highest BCUT2D eigenvalue weighted by molar-refractivity contribution is 6.04. The number of rotatable bonds is 0. The van der Waals surface area contributed by atoms with Gasteiger partial charge in [-0.05, 0) is 54.6 Å². The molecule has 66 valence electrons. The van der Waals surface area contributed by atoms with E-state index in [0.29, 0.717) is 0 Å². The van der Waals surface area contributed by atoms with Crippen molar-refractivity contribution in [3.63, 3.8) is 0 Å². The number of benzene rings is 1. The molecular weight excluding hydrogens is 168 g/mol. The van der Waals surface area contributed by atoms with E-state index < -0.39 is 0 Å². The molecule has 0 unspecified atom stereocenters. The Bertz CT molecular complexity index is 685. The van der Waals surface area contributed by atoms with Gasteiger partial charge in [0.2, 0.25) is 0 Å². The van der Waals surface area contributed by atoms with E-state index in [9.17, 15) is 0 Å². The zero-order valence-electron chi connectivity index (χ0n) is 7.98. The molecule has 0 aliphatic carbocycles. The third-order valence-corrected chi connectivity index (χ3v) is 3.19. The molecule has 0 nitrogen and oxygen atoms in total. The van der Waals surface area contributed by atoms with Crippen molar-refractivity contribution in [2.24, 2.45) is 0 Å². The van der Waals surface area contributed by atoms with Crippen LogP contribution in [0.25, 0.3) is 47.9 Å². The SMILES string of the molecule is C=c1c(=C)c2cc3c(=C)c(=C)c3cc12. The van der Waals surface area contributed by atoms with Gasteiger partial charge in [0.1, 0.15) is 0 Å². The lowest BCUT2D eigenvalue weighted by Crippen LogP contribution is -2.34. The van der Waals surface area contributed by atoms with Gasteiger partial charge in [-0.3, -0.25) is 0 Å². The molecule has 3 aromatic rings. The molecule has 0 N–H and O–H groups in total. The topological polar surface area (TPSA) is 0 Å². The predicted molar refractivity (Wildman–Crippen MR) is 64.4 cm³/mol. The van der Waals surface area contributed by atoms with Gasteiger partial charge in [0, 0.05) is 0 Å². The molecule has 0 heterocycles. The van der Waals surface area contributed by atoms with Crippen molar-refractivity contribution in [2.45, 2.75) is 0 Å². The van der Waals surface area contributed by atoms with Crippen LogP contribution < -0.4 is 20.9 Å². The zero-order valence-corrected chi connectivity index (χ0v) is 7.98. The molecule has 0 atom stereocenters. The van der Waals surface area contributed by atoms with Crippen LogP contribution in [0.5, 0.6) is 0 Å². The Morgan fingerprint density at radius 2 is 0.714 bits per heavy atom. The Balaban J connectivity index is 2.70. The van der Waals surface area contributed by atoms with Crippen molar-refractivity contribution in [3.8, 4) is 0 Å². The normalized spacial score (nSPS) is 12.0. The summed E-state index contributed by atoms with van der Waals surface area (Å²) in [5.74, 6) is 0. The van der Waals surface area contributed by atoms with Gasteiger partial charge in [-0.25, -0.2) is 0 Å². The fraction of sp³-hybridized carbons (Fsp3) is 0. The van der Waals surface area contributed by atoms with Crippen LogP contribution in [0.15, 0.2) is 12.1 Å². The van der Waals surface area contributed by atoms with Crippen LogP contribution in [0, 0.1) is 0 Å². The van der Waals surface area contributed by atoms with E-state index in [0.717, 1.165) is 20.9 Å². The fourth-order valence-electron chi connectivity index (χ4n) is 2.12. The quantitative estimate of drug-likeness (QED) is 0.470. The van der Waals surface area contributed by atoms with E-state index in [1.165, 1.54) is 21.5 Å². The minimum absolute atomic E-state index is 1.06. The molecule has 0 aromatic heterocycles. The minimum Gasteiger partial charge on any atom is -0.0905 e. The monoisotopic (exact) mass is 178 g/mol. The van der Waals surface area contributed by atoms with E-state index in [4.69, 9.17) is 0 Å². The molecule has 0 amide bonds. The lowest BCUT2D eigenvalue weighted by molar-refractivity contribution is 1.58. The van der Waals surface area contributed by atoms with E-state index in [1.807, 2.05) is 0 Å². The molecule has 14 heavy (non-hydrogen) atoms. The molecule has 0 saturated carbocycles. The van der Waals surface area contributed by atoms with Gasteiger partial charge < -0.3 is 0 Å². The maximum atomic E-state index is 3.97. The molecule has 0 aliphatic heterocycles. The number of fused-ring (bicyclic) bond motifs is 2. The maximum Gasteiger partial charge on any atom is -0.00987 e. The summed E-state index contributed by atoms with van der Waals surface area (Å²) < 4.78 is 0. The molecule has 0 fully saturated rings. The summed E-state index contributed by atoms with van der Waals surface area (Å²) in [6.45, 7) is 15.9. The summed E-state index contributed by atoms with van der Waals surface area (Å²) >= 11 is 0. The fourth-order valence-corrected chi connectivity index (χ4v) is 2.12. The van der Waals surface area contributed by atoms with Gasteiger partial charge >= 0.3 is 0 Å². The van der Waals surface area contributed by atoms with Crippen LogP contribution >= 0.6 is 0 Å². The first-order valence-electron chi connectivity index (χ1n) is 4.57. The highest BCUT2D eigenvalue weighted by atomic mass is 14.1. The van der Waals surface area contributed by atoms with Crippen LogP contribution in [0.2, 0.25) is 0 Å². The summed E-state index contributed by atoms with van der Waals surface area (Å²) in [6.07, 6.45) is 0. The Hall–Kier alpha value is -1.82. The standard InChI is InChI=1S/C14H10/c1-7-8(2)12-6-14-10(4)9(3)13(14)5-11(7)12/h5-6H,1-4H2. The second kappa shape index (κ2) is 1.98. The Morgan fingerprint density at radius 1 is 0.500 bits per heavy atom. The van der Waals surface area contributed by atoms with Gasteiger partial charge in [-0.2, -0.15) is 0 Å². The van der Waals surface area contributed by atoms with Crippen molar-refractivity contribution in [2.75, 3.05) is 0 Å². The van der Waals surface area contributed by atoms with Crippen LogP contribution in [0.4, 0.5) is 0 Å². The zero-order chi connectivity index (χ0) is 10.0. The molecule has 0 radical (unpaired) electrons. The van der Waals surface area contributed by atoms with E-state index in [2.05, 4.69) is 38.4 Å². The van der Waals surface area contributed by atoms with Gasteiger partial charge in [-0.1, -0.05) is 26.3 Å². The van der Waals surface area contributed by atoms with Crippen LogP contribution in [0.1, 0.15) is 0 Å². The summed E-state index contributed by atoms with van der Waals surface area (Å²) in [4.78, 5) is 0. The Morgan fingerprint density at radius 3 is 0.929 bits per heavy atom. The molecule has 0 bridgehead atoms. The first-order chi connectivity index (χ1) is 6.61. The molecule has 3 rings (SSSR count). The lowest BCUT2D eigenvalue weighted by atomic mass is 9.92. The second-order valence-corrected chi connectivity index (χ2v) is 3.86. The molecular formula is C14H10. The van der Waals surface area contributed by atoms with Gasteiger partial charge in [0.25, 0.3) is 0 Å². The molecule has 0 aliphatic rings. The third-order valence-electron chi connectivity index (χ3n) is 3.19. The molecule has 0 spiro atoms. The highest BCUT2D eigenvalue weighted by Gasteiger charge is 2.08. The van der Waals surface area contributed by atoms with Gasteiger partial charge in [-0.15, -0.1) is 0 Å². The van der Waals surface area contributed by atoms with Crippen LogP contribution in [-0.2, 0) is 0 Å². The van der Waals surface area contributed by atoms with Crippen molar-refractivity contribution in [3.05, 3.63) is 33.0 Å². The molecule has 3 aromatic carbocycles. The Labute approximate surface area is 81.5 Å². The van der Waals surface area contributed by atoms with E-state index in [-0.39, 0.29) is 0 Å². The third kappa shape index (κ3) is 0.589. The molecule has 0 heteroatoms. The highest BCUT2D eigenvalue weighted by Crippen LogP contribution is 2.15. The smallest absolute Gasteiger partial charge is 0.00987 e. The Kier molecular flexibility index (Phi) is 1.07. The van der Waals surface area contributed by atoms with Crippen molar-refractivity contribution in [1.29, 1.82) is 0 Å². The number of hydrogen-bond acceptors (Lipinski definition) is 0. The van der Waals surface area contributed by atoms with Crippen LogP contribution in [0.3, 0.4) is 0 Å². The molecule has 0 saturated heterocycles. The van der Waals surface area contributed by atoms with Crippen molar-refractivity contribution >= 4 is 47.9 Å². The van der Waals surface area contributed by atoms with E-state index >= 15 is 0 Å². The largest absolute Gasteiger partial charge is 0.0905 e. The summed E-state index contributed by atoms with van der Waals surface area (Å²) in [5.41, 5.74) is 0. The maximum absolute atomic E-state index is 3.97. The van der Waals surface area contributed by atoms with Crippen LogP contribution in [-0.4, -0.2) is 0 Å². The first kappa shape index (κ1) is 7.57. The summed E-state index contributed by atoms with van der Waals surface area (Å²) in [5, 5.41) is 9.15. The number of hydrogen-bond donors (Lipinski definition) is 0. The summed E-state index contributed by atoms with van der Waals surface area (Å²) in [6, 6.07) is 4.30. The second-order valence-electron chi connectivity index (χ2n) is 3.86. The first-order valence-corrected chi connectivity index (χ1v) is 4.57. The van der Waals surface area contributed by atoms with Crippen molar-refractivity contribution in [1.82, 2.24) is 0 Å². The average molecular weight is 178 g/mol. The minimum atomic E-state index is 1.06. The van der Waals surface area contributed by atoms with E-state index in [1.54, 1.807) is 0 Å². The predicted octanol–water partition coefficient (Wildman–Crippen LogP) is 0.510. The van der Waals surface area contributed by atoms with Gasteiger partial charge in [0.05, 0.1) is 0 Å². The van der Waals surface area contributed by atoms with Crippen molar-refractivity contribution < 1.29 is 0 Å². The average Bonchev–Trinajstić information content (AvgIpc) is 2.24. The summed E-state index contributed by atoms with van der Waals surface area (Å²) in [7, 11) is 0. The lowest BCUT2D eigenvalue weighted by Gasteiger charge is -2.11. The van der Waals surface area contributed by atoms with Gasteiger partial charge in [0.15, 0.2) is 0 Å².